The smallest absolute Gasteiger partial charge is 0.387 e. The number of hydrogen-bond donors (Lipinski definition) is 0. The Labute approximate surface area is 142 Å². The van der Waals surface area contributed by atoms with E-state index in [9.17, 15) is 8.78 Å². The molecule has 0 aliphatic heterocycles. The van der Waals surface area contributed by atoms with Gasteiger partial charge < -0.3 is 4.74 Å². The molecule has 0 fully saturated rings. The van der Waals surface area contributed by atoms with Crippen molar-refractivity contribution < 1.29 is 13.5 Å². The van der Waals surface area contributed by atoms with E-state index in [4.69, 9.17) is 0 Å². The van der Waals surface area contributed by atoms with Crippen LogP contribution in [0.1, 0.15) is 5.56 Å². The second-order valence-corrected chi connectivity index (χ2v) is 5.51. The Morgan fingerprint density at radius 2 is 1.36 bits per heavy atom. The molecule has 1 aromatic heterocycles. The van der Waals surface area contributed by atoms with Crippen LogP contribution in [0.15, 0.2) is 77.9 Å². The number of para-hydroxylation sites is 3. The molecule has 0 aliphatic carbocycles. The normalized spacial score (nSPS) is 11.8. The Morgan fingerprint density at radius 3 is 2.00 bits per heavy atom. The Bertz CT molecular complexity index is 1020. The van der Waals surface area contributed by atoms with E-state index in [1.54, 1.807) is 18.2 Å². The molecule has 3 aromatic carbocycles. The minimum Gasteiger partial charge on any atom is -0.434 e. The summed E-state index contributed by atoms with van der Waals surface area (Å²) in [4.78, 5) is 0. The Hall–Kier alpha value is -3.21. The van der Waals surface area contributed by atoms with Crippen molar-refractivity contribution in [3.05, 3.63) is 78.4 Å². The van der Waals surface area contributed by atoms with Crippen molar-refractivity contribution in [1.82, 2.24) is 4.68 Å². The number of aromatic nitrogens is 1. The minimum absolute atomic E-state index is 0.0991. The van der Waals surface area contributed by atoms with Gasteiger partial charge in [-0.15, -0.1) is 0 Å². The molecular formula is C20H14F2N2O. The van der Waals surface area contributed by atoms with Gasteiger partial charge in [-0.2, -0.15) is 13.9 Å². The van der Waals surface area contributed by atoms with Crippen molar-refractivity contribution in [3.63, 3.8) is 0 Å². The lowest BCUT2D eigenvalue weighted by molar-refractivity contribution is -0.0499. The summed E-state index contributed by atoms with van der Waals surface area (Å²) in [6, 6.07) is 22.5. The van der Waals surface area contributed by atoms with E-state index in [0.29, 0.717) is 5.56 Å². The van der Waals surface area contributed by atoms with Gasteiger partial charge in [-0.05, 0) is 24.3 Å². The lowest BCUT2D eigenvalue weighted by Gasteiger charge is -2.07. The molecular weight excluding hydrogens is 322 g/mol. The Morgan fingerprint density at radius 1 is 0.800 bits per heavy atom. The number of halogens is 2. The van der Waals surface area contributed by atoms with Crippen molar-refractivity contribution >= 4 is 28.0 Å². The lowest BCUT2D eigenvalue weighted by atomic mass is 10.2. The van der Waals surface area contributed by atoms with Crippen LogP contribution < -0.4 is 4.74 Å². The molecule has 5 heteroatoms. The third-order valence-electron chi connectivity index (χ3n) is 4.00. The fraction of sp³-hybridized carbons (Fsp3) is 0.0500. The van der Waals surface area contributed by atoms with Gasteiger partial charge in [-0.3, -0.25) is 0 Å². The van der Waals surface area contributed by atoms with Gasteiger partial charge >= 0.3 is 6.61 Å². The van der Waals surface area contributed by atoms with Gasteiger partial charge in [0, 0.05) is 16.3 Å². The van der Waals surface area contributed by atoms with Gasteiger partial charge in [0.15, 0.2) is 0 Å². The van der Waals surface area contributed by atoms with E-state index in [0.717, 1.165) is 21.8 Å². The largest absolute Gasteiger partial charge is 0.434 e. The third-order valence-corrected chi connectivity index (χ3v) is 4.00. The van der Waals surface area contributed by atoms with E-state index in [1.807, 2.05) is 53.2 Å². The zero-order valence-corrected chi connectivity index (χ0v) is 13.1. The van der Waals surface area contributed by atoms with Crippen LogP contribution in [-0.2, 0) is 0 Å². The average molecular weight is 336 g/mol. The van der Waals surface area contributed by atoms with Gasteiger partial charge in [0.1, 0.15) is 5.75 Å². The molecule has 124 valence electrons. The lowest BCUT2D eigenvalue weighted by Crippen LogP contribution is -2.04. The van der Waals surface area contributed by atoms with Crippen molar-refractivity contribution in [2.24, 2.45) is 5.10 Å². The minimum atomic E-state index is -2.87. The fourth-order valence-corrected chi connectivity index (χ4v) is 2.94. The van der Waals surface area contributed by atoms with Crippen molar-refractivity contribution in [3.8, 4) is 5.75 Å². The zero-order chi connectivity index (χ0) is 17.2. The maximum absolute atomic E-state index is 12.6. The van der Waals surface area contributed by atoms with Gasteiger partial charge in [-0.1, -0.05) is 48.5 Å². The summed E-state index contributed by atoms with van der Waals surface area (Å²) in [5.74, 6) is 0.0991. The molecule has 0 saturated carbocycles. The highest BCUT2D eigenvalue weighted by Crippen LogP contribution is 2.28. The molecule has 0 amide bonds. The van der Waals surface area contributed by atoms with Crippen LogP contribution in [0.2, 0.25) is 0 Å². The number of rotatable bonds is 4. The molecule has 0 radical (unpaired) electrons. The highest BCUT2D eigenvalue weighted by molar-refractivity contribution is 6.08. The predicted molar refractivity (Wildman–Crippen MR) is 95.5 cm³/mol. The Kier molecular flexibility index (Phi) is 3.90. The molecule has 0 spiro atoms. The van der Waals surface area contributed by atoms with Crippen LogP contribution in [0.25, 0.3) is 21.8 Å². The molecule has 4 rings (SSSR count). The summed E-state index contributed by atoms with van der Waals surface area (Å²) < 4.78 is 31.5. The Balaban J connectivity index is 1.85. The molecule has 3 nitrogen and oxygen atoms in total. The van der Waals surface area contributed by atoms with Crippen LogP contribution in [0, 0.1) is 0 Å². The predicted octanol–water partition coefficient (Wildman–Crippen LogP) is 5.28. The SMILES string of the molecule is FC(F)Oc1ccccc1/C=N\n1c2ccccc2c2ccccc21. The van der Waals surface area contributed by atoms with E-state index in [-0.39, 0.29) is 5.75 Å². The number of alkyl halides is 2. The highest BCUT2D eigenvalue weighted by atomic mass is 19.3. The van der Waals surface area contributed by atoms with Gasteiger partial charge in [0.25, 0.3) is 0 Å². The summed E-state index contributed by atoms with van der Waals surface area (Å²) in [6.45, 7) is -2.87. The standard InChI is InChI=1S/C20H14F2N2O/c21-20(22)25-19-12-6-1-7-14(19)13-23-24-17-10-4-2-8-15(17)16-9-3-5-11-18(16)24/h1-13,20H/b23-13-. The number of benzene rings is 3. The summed E-state index contributed by atoms with van der Waals surface area (Å²) >= 11 is 0. The molecule has 0 bridgehead atoms. The zero-order valence-electron chi connectivity index (χ0n) is 13.1. The molecule has 0 saturated heterocycles. The monoisotopic (exact) mass is 336 g/mol. The molecule has 0 aliphatic rings. The fourth-order valence-electron chi connectivity index (χ4n) is 2.94. The van der Waals surface area contributed by atoms with E-state index in [2.05, 4.69) is 9.84 Å². The molecule has 0 N–H and O–H groups in total. The molecule has 25 heavy (non-hydrogen) atoms. The third kappa shape index (κ3) is 2.85. The average Bonchev–Trinajstić information content (AvgIpc) is 2.95. The molecule has 0 atom stereocenters. The highest BCUT2D eigenvalue weighted by Gasteiger charge is 2.10. The maximum atomic E-state index is 12.6. The number of ether oxygens (including phenoxy) is 1. The van der Waals surface area contributed by atoms with Gasteiger partial charge in [0.2, 0.25) is 0 Å². The summed E-state index contributed by atoms with van der Waals surface area (Å²) in [5, 5.41) is 6.71. The van der Waals surface area contributed by atoms with Crippen LogP contribution in [0.3, 0.4) is 0 Å². The van der Waals surface area contributed by atoms with Crippen LogP contribution in [0.4, 0.5) is 8.78 Å². The first kappa shape index (κ1) is 15.3. The van der Waals surface area contributed by atoms with Crippen molar-refractivity contribution in [2.45, 2.75) is 6.61 Å². The first-order valence-electron chi connectivity index (χ1n) is 7.80. The van der Waals surface area contributed by atoms with E-state index < -0.39 is 6.61 Å². The van der Waals surface area contributed by atoms with E-state index >= 15 is 0 Å². The number of hydrogen-bond acceptors (Lipinski definition) is 2. The first-order chi connectivity index (χ1) is 12.2. The van der Waals surface area contributed by atoms with Crippen LogP contribution >= 0.6 is 0 Å². The van der Waals surface area contributed by atoms with Crippen molar-refractivity contribution in [1.29, 1.82) is 0 Å². The topological polar surface area (TPSA) is 26.5 Å². The summed E-state index contributed by atoms with van der Waals surface area (Å²) in [6.07, 6.45) is 1.54. The van der Waals surface area contributed by atoms with E-state index in [1.165, 1.54) is 12.3 Å². The van der Waals surface area contributed by atoms with Gasteiger partial charge in [0.05, 0.1) is 17.2 Å². The quantitative estimate of drug-likeness (QED) is 0.466. The van der Waals surface area contributed by atoms with Crippen LogP contribution in [0.5, 0.6) is 5.75 Å². The second kappa shape index (κ2) is 6.36. The van der Waals surface area contributed by atoms with Gasteiger partial charge in [-0.25, -0.2) is 4.68 Å². The first-order valence-corrected chi connectivity index (χ1v) is 7.80. The molecule has 0 unspecified atom stereocenters. The maximum Gasteiger partial charge on any atom is 0.387 e. The van der Waals surface area contributed by atoms with Crippen molar-refractivity contribution in [2.75, 3.05) is 0 Å². The summed E-state index contributed by atoms with van der Waals surface area (Å²) in [5.41, 5.74) is 2.39. The number of fused-ring (bicyclic) bond motifs is 3. The van der Waals surface area contributed by atoms with Crippen LogP contribution in [-0.4, -0.2) is 17.5 Å². The second-order valence-electron chi connectivity index (χ2n) is 5.51. The molecule has 4 aromatic rings. The molecule has 1 heterocycles. The number of nitrogens with zero attached hydrogens (tertiary/aromatic N) is 2. The summed E-state index contributed by atoms with van der Waals surface area (Å²) in [7, 11) is 0.